The molecule has 0 aliphatic rings. The molecule has 5 heteroatoms. The van der Waals surface area contributed by atoms with Crippen LogP contribution in [0.25, 0.3) is 0 Å². The number of hydrogen-bond donors (Lipinski definition) is 1. The molecule has 0 aliphatic heterocycles. The van der Waals surface area contributed by atoms with Crippen LogP contribution in [0.1, 0.15) is 5.56 Å². The van der Waals surface area contributed by atoms with Gasteiger partial charge in [-0.15, -0.1) is 0 Å². The van der Waals surface area contributed by atoms with Gasteiger partial charge in [-0.3, -0.25) is 4.68 Å². The Morgan fingerprint density at radius 1 is 1.47 bits per heavy atom. The second-order valence-corrected chi connectivity index (χ2v) is 4.41. The largest absolute Gasteiger partial charge is 0.398 e. The van der Waals surface area contributed by atoms with Crippen LogP contribution in [-0.2, 0) is 6.54 Å². The minimum atomic E-state index is -0.291. The normalized spacial score (nSPS) is 10.5. The van der Waals surface area contributed by atoms with Crippen molar-refractivity contribution in [3.05, 3.63) is 45.5 Å². The smallest absolute Gasteiger partial charge is 0.130 e. The highest BCUT2D eigenvalue weighted by molar-refractivity contribution is 14.1. The van der Waals surface area contributed by atoms with Crippen molar-refractivity contribution in [2.45, 2.75) is 6.54 Å². The number of rotatable bonds is 2. The standard InChI is InChI=1S/C10H9FIN3/c11-9-2-1-3-10(13)8(9)6-15-5-7(12)4-14-15/h1-5H,6,13H2. The zero-order chi connectivity index (χ0) is 10.8. The molecule has 0 radical (unpaired) electrons. The van der Waals surface area contributed by atoms with Crippen molar-refractivity contribution in [1.82, 2.24) is 9.78 Å². The molecule has 0 aliphatic carbocycles. The second-order valence-electron chi connectivity index (χ2n) is 3.16. The zero-order valence-corrected chi connectivity index (χ0v) is 9.98. The maximum absolute atomic E-state index is 13.4. The summed E-state index contributed by atoms with van der Waals surface area (Å²) in [5, 5.41) is 4.08. The van der Waals surface area contributed by atoms with Crippen LogP contribution in [0.5, 0.6) is 0 Å². The first-order valence-electron chi connectivity index (χ1n) is 4.37. The fourth-order valence-corrected chi connectivity index (χ4v) is 1.78. The van der Waals surface area contributed by atoms with Crippen molar-refractivity contribution < 1.29 is 4.39 Å². The Hall–Kier alpha value is -1.11. The van der Waals surface area contributed by atoms with Crippen LogP contribution < -0.4 is 5.73 Å². The lowest BCUT2D eigenvalue weighted by Gasteiger charge is -2.06. The summed E-state index contributed by atoms with van der Waals surface area (Å²) in [6.07, 6.45) is 3.56. The summed E-state index contributed by atoms with van der Waals surface area (Å²) in [4.78, 5) is 0. The molecule has 2 aromatic rings. The number of nitrogens with zero attached hydrogens (tertiary/aromatic N) is 2. The van der Waals surface area contributed by atoms with E-state index < -0.39 is 0 Å². The van der Waals surface area contributed by atoms with E-state index in [-0.39, 0.29) is 5.82 Å². The van der Waals surface area contributed by atoms with E-state index in [1.807, 2.05) is 6.20 Å². The van der Waals surface area contributed by atoms with Crippen LogP contribution in [0.3, 0.4) is 0 Å². The molecule has 15 heavy (non-hydrogen) atoms. The Morgan fingerprint density at radius 3 is 2.87 bits per heavy atom. The van der Waals surface area contributed by atoms with Gasteiger partial charge >= 0.3 is 0 Å². The number of benzene rings is 1. The SMILES string of the molecule is Nc1cccc(F)c1Cn1cc(I)cn1. The van der Waals surface area contributed by atoms with E-state index in [1.54, 1.807) is 23.0 Å². The van der Waals surface area contributed by atoms with Gasteiger partial charge in [-0.25, -0.2) is 4.39 Å². The topological polar surface area (TPSA) is 43.8 Å². The summed E-state index contributed by atoms with van der Waals surface area (Å²) < 4.78 is 16.1. The highest BCUT2D eigenvalue weighted by Gasteiger charge is 2.07. The predicted octanol–water partition coefficient (Wildman–Crippen LogP) is 2.26. The van der Waals surface area contributed by atoms with Gasteiger partial charge in [0.25, 0.3) is 0 Å². The van der Waals surface area contributed by atoms with Crippen molar-refractivity contribution in [3.8, 4) is 0 Å². The third-order valence-electron chi connectivity index (χ3n) is 2.08. The number of anilines is 1. The maximum atomic E-state index is 13.4. The van der Waals surface area contributed by atoms with Crippen LogP contribution in [0.4, 0.5) is 10.1 Å². The molecule has 1 aromatic carbocycles. The number of hydrogen-bond acceptors (Lipinski definition) is 2. The molecule has 0 spiro atoms. The Balaban J connectivity index is 2.31. The average Bonchev–Trinajstić information content (AvgIpc) is 2.58. The quantitative estimate of drug-likeness (QED) is 0.682. The molecule has 0 saturated heterocycles. The molecule has 1 heterocycles. The molecular formula is C10H9FIN3. The van der Waals surface area contributed by atoms with E-state index in [0.717, 1.165) is 3.57 Å². The van der Waals surface area contributed by atoms with Crippen LogP contribution in [-0.4, -0.2) is 9.78 Å². The Morgan fingerprint density at radius 2 is 2.27 bits per heavy atom. The Bertz CT molecular complexity index is 461. The molecule has 0 atom stereocenters. The number of nitrogen functional groups attached to an aromatic ring is 1. The number of nitrogens with two attached hydrogens (primary N) is 1. The van der Waals surface area contributed by atoms with Crippen molar-refractivity contribution in [2.75, 3.05) is 5.73 Å². The molecule has 0 amide bonds. The lowest BCUT2D eigenvalue weighted by atomic mass is 10.1. The molecule has 0 unspecified atom stereocenters. The van der Waals surface area contributed by atoms with Gasteiger partial charge in [-0.1, -0.05) is 6.07 Å². The zero-order valence-electron chi connectivity index (χ0n) is 7.82. The molecule has 78 valence electrons. The van der Waals surface area contributed by atoms with E-state index in [4.69, 9.17) is 5.73 Å². The second kappa shape index (κ2) is 4.18. The predicted molar refractivity (Wildman–Crippen MR) is 64.9 cm³/mol. The molecule has 2 rings (SSSR count). The maximum Gasteiger partial charge on any atom is 0.130 e. The van der Waals surface area contributed by atoms with Crippen molar-refractivity contribution in [1.29, 1.82) is 0 Å². The monoisotopic (exact) mass is 317 g/mol. The van der Waals surface area contributed by atoms with Gasteiger partial charge in [-0.05, 0) is 34.7 Å². The third kappa shape index (κ3) is 2.28. The summed E-state index contributed by atoms with van der Waals surface area (Å²) >= 11 is 2.15. The van der Waals surface area contributed by atoms with Gasteiger partial charge in [0, 0.05) is 17.4 Å². The minimum absolute atomic E-state index is 0.291. The summed E-state index contributed by atoms with van der Waals surface area (Å²) in [5.74, 6) is -0.291. The fourth-order valence-electron chi connectivity index (χ4n) is 1.33. The van der Waals surface area contributed by atoms with E-state index in [0.29, 0.717) is 17.8 Å². The average molecular weight is 317 g/mol. The van der Waals surface area contributed by atoms with Crippen LogP contribution in [0, 0.1) is 9.39 Å². The molecule has 2 N–H and O–H groups in total. The van der Waals surface area contributed by atoms with Crippen LogP contribution in [0.15, 0.2) is 30.6 Å². The van der Waals surface area contributed by atoms with Gasteiger partial charge in [0.2, 0.25) is 0 Å². The minimum Gasteiger partial charge on any atom is -0.398 e. The van der Waals surface area contributed by atoms with Crippen LogP contribution in [0.2, 0.25) is 0 Å². The first kappa shape index (κ1) is 10.4. The summed E-state index contributed by atoms with van der Waals surface area (Å²) in [5.41, 5.74) is 6.64. The van der Waals surface area contributed by atoms with E-state index in [2.05, 4.69) is 27.7 Å². The van der Waals surface area contributed by atoms with E-state index >= 15 is 0 Å². The molecule has 3 nitrogen and oxygen atoms in total. The Labute approximate surface area is 100 Å². The summed E-state index contributed by atoms with van der Waals surface area (Å²) in [6.45, 7) is 0.363. The molecular weight excluding hydrogens is 308 g/mol. The number of halogens is 2. The van der Waals surface area contributed by atoms with Gasteiger partial charge in [-0.2, -0.15) is 5.10 Å². The lowest BCUT2D eigenvalue weighted by Crippen LogP contribution is -2.05. The summed E-state index contributed by atoms with van der Waals surface area (Å²) in [7, 11) is 0. The lowest BCUT2D eigenvalue weighted by molar-refractivity contribution is 0.586. The molecule has 1 aromatic heterocycles. The number of aromatic nitrogens is 2. The van der Waals surface area contributed by atoms with Crippen LogP contribution >= 0.6 is 22.6 Å². The fraction of sp³-hybridized carbons (Fsp3) is 0.100. The highest BCUT2D eigenvalue weighted by Crippen LogP contribution is 2.17. The van der Waals surface area contributed by atoms with Gasteiger partial charge in [0.1, 0.15) is 5.82 Å². The molecule has 0 bridgehead atoms. The first-order chi connectivity index (χ1) is 7.16. The van der Waals surface area contributed by atoms with Crippen molar-refractivity contribution >= 4 is 28.3 Å². The Kier molecular flexibility index (Phi) is 2.90. The van der Waals surface area contributed by atoms with E-state index in [1.165, 1.54) is 6.07 Å². The van der Waals surface area contributed by atoms with E-state index in [9.17, 15) is 4.39 Å². The van der Waals surface area contributed by atoms with Crippen molar-refractivity contribution in [3.63, 3.8) is 0 Å². The third-order valence-corrected chi connectivity index (χ3v) is 2.63. The summed E-state index contributed by atoms with van der Waals surface area (Å²) in [6, 6.07) is 4.69. The van der Waals surface area contributed by atoms with Gasteiger partial charge in [0.05, 0.1) is 16.3 Å². The van der Waals surface area contributed by atoms with Gasteiger partial charge < -0.3 is 5.73 Å². The van der Waals surface area contributed by atoms with Crippen molar-refractivity contribution in [2.24, 2.45) is 0 Å². The van der Waals surface area contributed by atoms with Gasteiger partial charge in [0.15, 0.2) is 0 Å². The highest BCUT2D eigenvalue weighted by atomic mass is 127. The first-order valence-corrected chi connectivity index (χ1v) is 5.45. The molecule has 0 saturated carbocycles. The molecule has 0 fully saturated rings.